The Labute approximate surface area is 161 Å². The molecule has 0 unspecified atom stereocenters. The van der Waals surface area contributed by atoms with E-state index < -0.39 is 11.9 Å². The van der Waals surface area contributed by atoms with Crippen LogP contribution in [0.2, 0.25) is 0 Å². The Morgan fingerprint density at radius 3 is 2.56 bits per heavy atom. The van der Waals surface area contributed by atoms with Gasteiger partial charge >= 0.3 is 5.97 Å². The summed E-state index contributed by atoms with van der Waals surface area (Å²) in [5.41, 5.74) is 0.686. The Hall–Kier alpha value is -2.61. The number of methoxy groups -OCH3 is 1. The van der Waals surface area contributed by atoms with Gasteiger partial charge in [-0.3, -0.25) is 9.59 Å². The first kappa shape index (κ1) is 19.2. The predicted molar refractivity (Wildman–Crippen MR) is 101 cm³/mol. The summed E-state index contributed by atoms with van der Waals surface area (Å²) in [6.45, 7) is 1.68. The summed E-state index contributed by atoms with van der Waals surface area (Å²) in [5, 5.41) is 5.97. The van der Waals surface area contributed by atoms with Crippen LogP contribution in [0.15, 0.2) is 22.8 Å². The average Bonchev–Trinajstić information content (AvgIpc) is 3.30. The van der Waals surface area contributed by atoms with Gasteiger partial charge in [-0.1, -0.05) is 19.3 Å². The fourth-order valence-electron chi connectivity index (χ4n) is 3.24. The molecule has 1 fully saturated rings. The third-order valence-corrected chi connectivity index (χ3v) is 5.86. The van der Waals surface area contributed by atoms with Crippen molar-refractivity contribution >= 4 is 34.1 Å². The van der Waals surface area contributed by atoms with Crippen LogP contribution in [0.3, 0.4) is 0 Å². The normalized spacial score (nSPS) is 14.6. The molecule has 2 amide bonds. The average molecular weight is 390 g/mol. The number of esters is 1. The largest absolute Gasteiger partial charge is 0.465 e. The first-order chi connectivity index (χ1) is 13.0. The lowest BCUT2D eigenvalue weighted by Gasteiger charge is -2.22. The zero-order valence-corrected chi connectivity index (χ0v) is 16.1. The molecular weight excluding hydrogens is 368 g/mol. The van der Waals surface area contributed by atoms with Crippen molar-refractivity contribution in [2.45, 2.75) is 45.1 Å². The van der Waals surface area contributed by atoms with Crippen molar-refractivity contribution < 1.29 is 23.5 Å². The fourth-order valence-corrected chi connectivity index (χ4v) is 4.33. The number of thiophene rings is 1. The highest BCUT2D eigenvalue weighted by molar-refractivity contribution is 7.18. The lowest BCUT2D eigenvalue weighted by molar-refractivity contribution is 0.0601. The number of hydrogen-bond donors (Lipinski definition) is 2. The Morgan fingerprint density at radius 1 is 1.19 bits per heavy atom. The van der Waals surface area contributed by atoms with Gasteiger partial charge in [0, 0.05) is 6.04 Å². The lowest BCUT2D eigenvalue weighted by atomic mass is 9.95. The molecule has 27 heavy (non-hydrogen) atoms. The van der Waals surface area contributed by atoms with Gasteiger partial charge in [0.1, 0.15) is 5.00 Å². The number of carbonyl (C=O) groups excluding carboxylic acids is 3. The molecule has 0 bridgehead atoms. The van der Waals surface area contributed by atoms with E-state index in [0.717, 1.165) is 37.0 Å². The Morgan fingerprint density at radius 2 is 1.93 bits per heavy atom. The first-order valence-electron chi connectivity index (χ1n) is 8.88. The summed E-state index contributed by atoms with van der Waals surface area (Å²) in [6.07, 6.45) is 6.71. The summed E-state index contributed by atoms with van der Waals surface area (Å²) >= 11 is 1.07. The van der Waals surface area contributed by atoms with E-state index in [0.29, 0.717) is 10.4 Å². The second-order valence-corrected chi connectivity index (χ2v) is 7.51. The number of carbonyl (C=O) groups is 3. The number of nitrogens with one attached hydrogen (secondary N) is 2. The molecule has 0 spiro atoms. The number of hydrogen-bond acceptors (Lipinski definition) is 6. The molecule has 0 aliphatic heterocycles. The van der Waals surface area contributed by atoms with Crippen molar-refractivity contribution in [2.75, 3.05) is 12.4 Å². The van der Waals surface area contributed by atoms with Gasteiger partial charge in [0.2, 0.25) is 0 Å². The molecule has 3 rings (SSSR count). The third-order valence-electron chi connectivity index (χ3n) is 4.65. The Balaban J connectivity index is 1.86. The molecule has 2 aromatic heterocycles. The van der Waals surface area contributed by atoms with E-state index in [1.807, 2.05) is 0 Å². The van der Waals surface area contributed by atoms with Crippen LogP contribution in [-0.4, -0.2) is 30.9 Å². The van der Waals surface area contributed by atoms with Crippen molar-refractivity contribution in [1.82, 2.24) is 5.32 Å². The van der Waals surface area contributed by atoms with Crippen LogP contribution in [0.25, 0.3) is 0 Å². The monoisotopic (exact) mass is 390 g/mol. The number of ether oxygens (including phenoxy) is 1. The minimum Gasteiger partial charge on any atom is -0.465 e. The fraction of sp³-hybridized carbons (Fsp3) is 0.421. The molecule has 2 heterocycles. The maximum Gasteiger partial charge on any atom is 0.341 e. The molecule has 8 heteroatoms. The number of furan rings is 1. The van der Waals surface area contributed by atoms with Crippen LogP contribution in [0, 0.1) is 6.92 Å². The molecule has 7 nitrogen and oxygen atoms in total. The molecule has 0 atom stereocenters. The molecule has 1 aliphatic rings. The molecular formula is C19H22N2O5S. The van der Waals surface area contributed by atoms with E-state index in [4.69, 9.17) is 9.15 Å². The minimum atomic E-state index is -0.602. The summed E-state index contributed by atoms with van der Waals surface area (Å²) in [5.74, 6) is -1.21. The van der Waals surface area contributed by atoms with Crippen LogP contribution < -0.4 is 10.6 Å². The van der Waals surface area contributed by atoms with Gasteiger partial charge in [-0.15, -0.1) is 11.3 Å². The highest BCUT2D eigenvalue weighted by atomic mass is 32.1. The van der Waals surface area contributed by atoms with E-state index in [2.05, 4.69) is 10.6 Å². The van der Waals surface area contributed by atoms with Gasteiger partial charge in [0.05, 0.1) is 23.8 Å². The maximum absolute atomic E-state index is 12.7. The molecule has 144 valence electrons. The van der Waals surface area contributed by atoms with E-state index >= 15 is 0 Å². The zero-order chi connectivity index (χ0) is 19.4. The molecule has 2 N–H and O–H groups in total. The second-order valence-electron chi connectivity index (χ2n) is 6.49. The summed E-state index contributed by atoms with van der Waals surface area (Å²) in [6, 6.07) is 3.26. The van der Waals surface area contributed by atoms with Crippen molar-refractivity contribution in [1.29, 1.82) is 0 Å². The Bertz CT molecular complexity index is 835. The second kappa shape index (κ2) is 8.39. The zero-order valence-electron chi connectivity index (χ0n) is 15.3. The minimum absolute atomic E-state index is 0.116. The quantitative estimate of drug-likeness (QED) is 0.758. The van der Waals surface area contributed by atoms with Crippen LogP contribution in [0.4, 0.5) is 5.00 Å². The van der Waals surface area contributed by atoms with E-state index in [1.54, 1.807) is 13.0 Å². The van der Waals surface area contributed by atoms with Crippen LogP contribution in [0.5, 0.6) is 0 Å². The molecule has 1 saturated carbocycles. The van der Waals surface area contributed by atoms with Gasteiger partial charge in [-0.05, 0) is 37.5 Å². The van der Waals surface area contributed by atoms with Crippen molar-refractivity contribution in [3.63, 3.8) is 0 Å². The van der Waals surface area contributed by atoms with Crippen molar-refractivity contribution in [3.05, 3.63) is 40.2 Å². The topological polar surface area (TPSA) is 97.6 Å². The van der Waals surface area contributed by atoms with Gasteiger partial charge in [-0.2, -0.15) is 0 Å². The maximum atomic E-state index is 12.7. The molecule has 0 aromatic carbocycles. The molecule has 2 aromatic rings. The third kappa shape index (κ3) is 4.21. The molecule has 0 saturated heterocycles. The van der Waals surface area contributed by atoms with Gasteiger partial charge in [0.25, 0.3) is 11.8 Å². The van der Waals surface area contributed by atoms with E-state index in [1.165, 1.54) is 25.9 Å². The smallest absolute Gasteiger partial charge is 0.341 e. The van der Waals surface area contributed by atoms with Crippen LogP contribution >= 0.6 is 11.3 Å². The number of anilines is 1. The summed E-state index contributed by atoms with van der Waals surface area (Å²) in [4.78, 5) is 37.7. The number of rotatable bonds is 5. The lowest BCUT2D eigenvalue weighted by Crippen LogP contribution is -2.36. The highest BCUT2D eigenvalue weighted by Crippen LogP contribution is 2.34. The SMILES string of the molecule is COC(=O)c1c(NC(=O)c2ccco2)sc(C(=O)NC2CCCCC2)c1C. The molecule has 0 radical (unpaired) electrons. The van der Waals surface area contributed by atoms with Crippen LogP contribution in [0.1, 0.15) is 68.3 Å². The van der Waals surface area contributed by atoms with Gasteiger partial charge < -0.3 is 19.8 Å². The highest BCUT2D eigenvalue weighted by Gasteiger charge is 2.28. The Kier molecular flexibility index (Phi) is 5.95. The first-order valence-corrected chi connectivity index (χ1v) is 9.70. The predicted octanol–water partition coefficient (Wildman–Crippen LogP) is 3.75. The summed E-state index contributed by atoms with van der Waals surface area (Å²) in [7, 11) is 1.26. The molecule has 1 aliphatic carbocycles. The van der Waals surface area contributed by atoms with E-state index in [-0.39, 0.29) is 28.3 Å². The van der Waals surface area contributed by atoms with Crippen molar-refractivity contribution in [2.24, 2.45) is 0 Å². The van der Waals surface area contributed by atoms with Crippen molar-refractivity contribution in [3.8, 4) is 0 Å². The summed E-state index contributed by atoms with van der Waals surface area (Å²) < 4.78 is 9.91. The van der Waals surface area contributed by atoms with Gasteiger partial charge in [-0.25, -0.2) is 4.79 Å². The van der Waals surface area contributed by atoms with Gasteiger partial charge in [0.15, 0.2) is 5.76 Å². The van der Waals surface area contributed by atoms with E-state index in [9.17, 15) is 14.4 Å². The van der Waals surface area contributed by atoms with Crippen LogP contribution in [-0.2, 0) is 4.74 Å². The number of amides is 2. The standard InChI is InChI=1S/C19H22N2O5S/c1-11-14(19(24)25-2)18(21-16(22)13-9-6-10-26-13)27-15(11)17(23)20-12-7-4-3-5-8-12/h6,9-10,12H,3-5,7-8H2,1-2H3,(H,20,23)(H,21,22).